The third-order valence-electron chi connectivity index (χ3n) is 4.76. The van der Waals surface area contributed by atoms with Crippen LogP contribution in [0.25, 0.3) is 11.4 Å². The van der Waals surface area contributed by atoms with Gasteiger partial charge in [0, 0.05) is 34.2 Å². The van der Waals surface area contributed by atoms with E-state index in [2.05, 4.69) is 25.6 Å². The highest BCUT2D eigenvalue weighted by Gasteiger charge is 2.33. The molecule has 1 saturated heterocycles. The minimum Gasteiger partial charge on any atom is -0.382 e. The number of rotatable bonds is 5. The van der Waals surface area contributed by atoms with E-state index in [0.29, 0.717) is 31.1 Å². The van der Waals surface area contributed by atoms with Gasteiger partial charge in [-0.1, -0.05) is 11.6 Å². The Balaban J connectivity index is 2.00. The van der Waals surface area contributed by atoms with Gasteiger partial charge in [0.25, 0.3) is 5.91 Å². The van der Waals surface area contributed by atoms with Gasteiger partial charge in [0.1, 0.15) is 17.2 Å². The number of hydrogen-bond donors (Lipinski definition) is 2. The summed E-state index contributed by atoms with van der Waals surface area (Å²) in [6, 6.07) is 4.80. The molecule has 1 aliphatic rings. The van der Waals surface area contributed by atoms with Gasteiger partial charge in [0.2, 0.25) is 5.91 Å². The number of methoxy groups -OCH3 is 1. The van der Waals surface area contributed by atoms with Crippen molar-refractivity contribution in [1.29, 1.82) is 0 Å². The Hall–Kier alpha value is -2.62. The molecule has 29 heavy (non-hydrogen) atoms. The summed E-state index contributed by atoms with van der Waals surface area (Å²) < 4.78 is 5.28. The molecule has 2 N–H and O–H groups in total. The summed E-state index contributed by atoms with van der Waals surface area (Å²) >= 11 is 6.29. The molecule has 3 heterocycles. The van der Waals surface area contributed by atoms with Crippen LogP contribution in [0.15, 0.2) is 24.5 Å². The third kappa shape index (κ3) is 4.69. The number of ether oxygens (including phenoxy) is 1. The zero-order valence-electron chi connectivity index (χ0n) is 16.5. The summed E-state index contributed by atoms with van der Waals surface area (Å²) in [7, 11) is 3.14. The molecular weight excluding hydrogens is 396 g/mol. The number of halogens is 1. The standard InChI is InChI=1S/C19H23ClN6O3/c1-11(27)26-13(9-29-3)7-22-8-17(26)12-4-15(25-18(20)5-12)14-6-16(19(28)21-2)24-10-23-14/h4-6,10,13,17,22H,7-9H2,1-3H3,(H,21,28). The number of pyridine rings is 1. The average molecular weight is 419 g/mol. The van der Waals surface area contributed by atoms with E-state index in [1.165, 1.54) is 13.4 Å². The number of nitrogens with zero attached hydrogens (tertiary/aromatic N) is 4. The monoisotopic (exact) mass is 418 g/mol. The Kier molecular flexibility index (Phi) is 6.73. The molecule has 1 fully saturated rings. The highest BCUT2D eigenvalue weighted by molar-refractivity contribution is 6.29. The number of piperazine rings is 1. The summed E-state index contributed by atoms with van der Waals surface area (Å²) in [5, 5.41) is 6.15. The van der Waals surface area contributed by atoms with E-state index in [4.69, 9.17) is 16.3 Å². The molecular formula is C19H23ClN6O3. The number of amides is 2. The first-order valence-electron chi connectivity index (χ1n) is 9.15. The van der Waals surface area contributed by atoms with Crippen LogP contribution < -0.4 is 10.6 Å². The second-order valence-corrected chi connectivity index (χ2v) is 7.07. The van der Waals surface area contributed by atoms with Crippen molar-refractivity contribution in [3.05, 3.63) is 40.9 Å². The zero-order chi connectivity index (χ0) is 21.0. The molecule has 0 spiro atoms. The van der Waals surface area contributed by atoms with Crippen molar-refractivity contribution in [2.75, 3.05) is 33.9 Å². The maximum absolute atomic E-state index is 12.4. The first kappa shape index (κ1) is 21.1. The normalized spacial score (nSPS) is 19.1. The van der Waals surface area contributed by atoms with Crippen LogP contribution in [-0.4, -0.2) is 71.6 Å². The van der Waals surface area contributed by atoms with Gasteiger partial charge in [-0.3, -0.25) is 9.59 Å². The fourth-order valence-corrected chi connectivity index (χ4v) is 3.73. The zero-order valence-corrected chi connectivity index (χ0v) is 17.2. The molecule has 9 nitrogen and oxygen atoms in total. The minimum absolute atomic E-state index is 0.0445. The van der Waals surface area contributed by atoms with Gasteiger partial charge in [-0.2, -0.15) is 0 Å². The van der Waals surface area contributed by atoms with Crippen molar-refractivity contribution in [1.82, 2.24) is 30.5 Å². The molecule has 0 aliphatic carbocycles. The molecule has 0 radical (unpaired) electrons. The second-order valence-electron chi connectivity index (χ2n) is 6.69. The van der Waals surface area contributed by atoms with E-state index in [-0.39, 0.29) is 34.7 Å². The van der Waals surface area contributed by atoms with Crippen molar-refractivity contribution < 1.29 is 14.3 Å². The lowest BCUT2D eigenvalue weighted by Gasteiger charge is -2.42. The van der Waals surface area contributed by atoms with Crippen LogP contribution in [0.5, 0.6) is 0 Å². The van der Waals surface area contributed by atoms with Gasteiger partial charge in [-0.05, 0) is 23.8 Å². The maximum Gasteiger partial charge on any atom is 0.269 e. The van der Waals surface area contributed by atoms with E-state index in [1.807, 2.05) is 11.0 Å². The Morgan fingerprint density at radius 3 is 2.76 bits per heavy atom. The molecule has 2 aromatic rings. The van der Waals surface area contributed by atoms with Crippen molar-refractivity contribution in [2.24, 2.45) is 0 Å². The van der Waals surface area contributed by atoms with Crippen molar-refractivity contribution in [3.8, 4) is 11.4 Å². The van der Waals surface area contributed by atoms with Crippen LogP contribution in [0.2, 0.25) is 5.15 Å². The molecule has 10 heteroatoms. The topological polar surface area (TPSA) is 109 Å². The third-order valence-corrected chi connectivity index (χ3v) is 4.95. The molecule has 2 atom stereocenters. The first-order chi connectivity index (χ1) is 13.9. The smallest absolute Gasteiger partial charge is 0.269 e. The number of hydrogen-bond acceptors (Lipinski definition) is 7. The van der Waals surface area contributed by atoms with Gasteiger partial charge in [0.05, 0.1) is 30.1 Å². The number of carbonyl (C=O) groups excluding carboxylic acids is 2. The van der Waals surface area contributed by atoms with E-state index in [1.54, 1.807) is 26.2 Å². The van der Waals surface area contributed by atoms with Gasteiger partial charge in [-0.15, -0.1) is 0 Å². The summed E-state index contributed by atoms with van der Waals surface area (Å²) in [6.07, 6.45) is 1.31. The Bertz CT molecular complexity index is 907. The van der Waals surface area contributed by atoms with Gasteiger partial charge < -0.3 is 20.3 Å². The molecule has 2 aromatic heterocycles. The van der Waals surface area contributed by atoms with E-state index in [0.717, 1.165) is 5.56 Å². The highest BCUT2D eigenvalue weighted by atomic mass is 35.5. The van der Waals surface area contributed by atoms with E-state index >= 15 is 0 Å². The van der Waals surface area contributed by atoms with E-state index < -0.39 is 0 Å². The molecule has 0 saturated carbocycles. The molecule has 1 aliphatic heterocycles. The summed E-state index contributed by atoms with van der Waals surface area (Å²) in [4.78, 5) is 38.6. The van der Waals surface area contributed by atoms with Crippen LogP contribution in [0.1, 0.15) is 29.0 Å². The fourth-order valence-electron chi connectivity index (χ4n) is 3.51. The van der Waals surface area contributed by atoms with Crippen molar-refractivity contribution in [2.45, 2.75) is 19.0 Å². The lowest BCUT2D eigenvalue weighted by atomic mass is 9.99. The molecule has 0 bridgehead atoms. The summed E-state index contributed by atoms with van der Waals surface area (Å²) in [5.74, 6) is -0.366. The van der Waals surface area contributed by atoms with Crippen LogP contribution in [0, 0.1) is 0 Å². The SMILES string of the molecule is CNC(=O)c1cc(-c2cc(C3CNCC(COC)N3C(C)=O)cc(Cl)n2)ncn1. The van der Waals surface area contributed by atoms with Crippen LogP contribution in [0.3, 0.4) is 0 Å². The Labute approximate surface area is 173 Å². The van der Waals surface area contributed by atoms with Crippen LogP contribution in [-0.2, 0) is 9.53 Å². The molecule has 2 amide bonds. The van der Waals surface area contributed by atoms with Gasteiger partial charge in [0.15, 0.2) is 0 Å². The van der Waals surface area contributed by atoms with Crippen molar-refractivity contribution >= 4 is 23.4 Å². The van der Waals surface area contributed by atoms with E-state index in [9.17, 15) is 9.59 Å². The number of nitrogens with one attached hydrogen (secondary N) is 2. The molecule has 2 unspecified atom stereocenters. The van der Waals surface area contributed by atoms with Crippen LogP contribution in [0.4, 0.5) is 0 Å². The molecule has 3 rings (SSSR count). The number of aromatic nitrogens is 3. The second kappa shape index (κ2) is 9.25. The maximum atomic E-state index is 12.4. The van der Waals surface area contributed by atoms with Gasteiger partial charge >= 0.3 is 0 Å². The minimum atomic E-state index is -0.322. The number of carbonyl (C=O) groups is 2. The quantitative estimate of drug-likeness (QED) is 0.698. The summed E-state index contributed by atoms with van der Waals surface area (Å²) in [6.45, 7) is 3.20. The predicted molar refractivity (Wildman–Crippen MR) is 107 cm³/mol. The largest absolute Gasteiger partial charge is 0.382 e. The first-order valence-corrected chi connectivity index (χ1v) is 9.53. The molecule has 154 valence electrons. The molecule has 0 aromatic carbocycles. The lowest BCUT2D eigenvalue weighted by molar-refractivity contribution is -0.136. The van der Waals surface area contributed by atoms with Crippen molar-refractivity contribution in [3.63, 3.8) is 0 Å². The Morgan fingerprint density at radius 1 is 1.28 bits per heavy atom. The summed E-state index contributed by atoms with van der Waals surface area (Å²) in [5.41, 5.74) is 2.01. The van der Waals surface area contributed by atoms with Gasteiger partial charge in [-0.25, -0.2) is 15.0 Å². The Morgan fingerprint density at radius 2 is 2.07 bits per heavy atom. The average Bonchev–Trinajstić information content (AvgIpc) is 2.72. The highest BCUT2D eigenvalue weighted by Crippen LogP contribution is 2.30. The lowest BCUT2D eigenvalue weighted by Crippen LogP contribution is -2.56. The fraction of sp³-hybridized carbons (Fsp3) is 0.421. The predicted octanol–water partition coefficient (Wildman–Crippen LogP) is 1.06. The van der Waals surface area contributed by atoms with Crippen LogP contribution >= 0.6 is 11.6 Å².